The highest BCUT2D eigenvalue weighted by Gasteiger charge is 2.17. The van der Waals surface area contributed by atoms with E-state index in [-0.39, 0.29) is 5.75 Å². The molecule has 0 bridgehead atoms. The highest BCUT2D eigenvalue weighted by molar-refractivity contribution is 5.80. The SMILES string of the molecule is Cn1c(N2CCNCC2)nc2ccc(O)cc21. The van der Waals surface area contributed by atoms with Gasteiger partial charge in [-0.3, -0.25) is 0 Å². The Balaban J connectivity index is 2.07. The van der Waals surface area contributed by atoms with E-state index in [1.54, 1.807) is 12.1 Å². The fraction of sp³-hybridized carbons (Fsp3) is 0.417. The lowest BCUT2D eigenvalue weighted by atomic mass is 10.3. The van der Waals surface area contributed by atoms with E-state index in [4.69, 9.17) is 0 Å². The quantitative estimate of drug-likeness (QED) is 0.759. The number of aromatic hydroxyl groups is 1. The highest BCUT2D eigenvalue weighted by atomic mass is 16.3. The number of nitrogens with zero attached hydrogens (tertiary/aromatic N) is 3. The fourth-order valence-electron chi connectivity index (χ4n) is 2.31. The van der Waals surface area contributed by atoms with Gasteiger partial charge in [0.2, 0.25) is 5.95 Å². The van der Waals surface area contributed by atoms with Crippen LogP contribution in [-0.4, -0.2) is 40.8 Å². The first-order chi connectivity index (χ1) is 8.25. The average Bonchev–Trinajstić information content (AvgIpc) is 2.68. The van der Waals surface area contributed by atoms with E-state index < -0.39 is 0 Å². The maximum Gasteiger partial charge on any atom is 0.206 e. The van der Waals surface area contributed by atoms with Crippen molar-refractivity contribution in [1.29, 1.82) is 0 Å². The van der Waals surface area contributed by atoms with E-state index in [2.05, 4.69) is 15.2 Å². The molecule has 0 aliphatic carbocycles. The van der Waals surface area contributed by atoms with Crippen molar-refractivity contribution in [2.75, 3.05) is 31.1 Å². The number of phenols is 1. The number of benzene rings is 1. The normalized spacial score (nSPS) is 16.6. The summed E-state index contributed by atoms with van der Waals surface area (Å²) in [5, 5.41) is 12.8. The van der Waals surface area contributed by atoms with Crippen molar-refractivity contribution in [1.82, 2.24) is 14.9 Å². The Kier molecular flexibility index (Phi) is 2.40. The average molecular weight is 232 g/mol. The third-order valence-electron chi connectivity index (χ3n) is 3.24. The lowest BCUT2D eigenvalue weighted by Gasteiger charge is -2.28. The summed E-state index contributed by atoms with van der Waals surface area (Å²) in [6, 6.07) is 5.29. The Morgan fingerprint density at radius 1 is 1.29 bits per heavy atom. The predicted molar refractivity (Wildman–Crippen MR) is 67.5 cm³/mol. The van der Waals surface area contributed by atoms with Crippen LogP contribution in [0.3, 0.4) is 0 Å². The summed E-state index contributed by atoms with van der Waals surface area (Å²) >= 11 is 0. The number of aromatic nitrogens is 2. The van der Waals surface area contributed by atoms with E-state index in [9.17, 15) is 5.11 Å². The van der Waals surface area contributed by atoms with Gasteiger partial charge in [-0.25, -0.2) is 4.98 Å². The van der Waals surface area contributed by atoms with E-state index in [1.165, 1.54) is 0 Å². The van der Waals surface area contributed by atoms with E-state index >= 15 is 0 Å². The lowest BCUT2D eigenvalue weighted by Crippen LogP contribution is -2.44. The molecular weight excluding hydrogens is 216 g/mol. The first-order valence-electron chi connectivity index (χ1n) is 5.87. The Morgan fingerprint density at radius 2 is 2.06 bits per heavy atom. The summed E-state index contributed by atoms with van der Waals surface area (Å²) in [5.74, 6) is 1.26. The minimum absolute atomic E-state index is 0.285. The molecule has 0 unspecified atom stereocenters. The van der Waals surface area contributed by atoms with Gasteiger partial charge < -0.3 is 19.9 Å². The first kappa shape index (κ1) is 10.4. The second kappa shape index (κ2) is 3.92. The highest BCUT2D eigenvalue weighted by Crippen LogP contribution is 2.24. The van der Waals surface area contributed by atoms with Gasteiger partial charge in [0.05, 0.1) is 11.0 Å². The molecule has 2 N–H and O–H groups in total. The zero-order valence-electron chi connectivity index (χ0n) is 9.85. The van der Waals surface area contributed by atoms with Crippen molar-refractivity contribution < 1.29 is 5.11 Å². The molecule has 1 aromatic heterocycles. The molecule has 2 aromatic rings. The van der Waals surface area contributed by atoms with Gasteiger partial charge >= 0.3 is 0 Å². The van der Waals surface area contributed by atoms with Gasteiger partial charge in [0.25, 0.3) is 0 Å². The van der Waals surface area contributed by atoms with Crippen LogP contribution in [0, 0.1) is 0 Å². The van der Waals surface area contributed by atoms with E-state index in [1.807, 2.05) is 17.7 Å². The molecule has 90 valence electrons. The van der Waals surface area contributed by atoms with E-state index in [0.29, 0.717) is 0 Å². The Labute approximate surface area is 99.7 Å². The monoisotopic (exact) mass is 232 g/mol. The first-order valence-corrected chi connectivity index (χ1v) is 5.87. The molecule has 3 rings (SSSR count). The molecule has 17 heavy (non-hydrogen) atoms. The number of imidazole rings is 1. The van der Waals surface area contributed by atoms with Crippen LogP contribution in [0.25, 0.3) is 11.0 Å². The largest absolute Gasteiger partial charge is 0.508 e. The van der Waals surface area contributed by atoms with Crippen LogP contribution < -0.4 is 10.2 Å². The molecule has 1 saturated heterocycles. The van der Waals surface area contributed by atoms with Gasteiger partial charge in [-0.15, -0.1) is 0 Å². The molecule has 1 aliphatic rings. The van der Waals surface area contributed by atoms with Crippen molar-refractivity contribution in [2.45, 2.75) is 0 Å². The third kappa shape index (κ3) is 1.72. The summed E-state index contributed by atoms with van der Waals surface area (Å²) < 4.78 is 2.04. The molecule has 0 amide bonds. The maximum absolute atomic E-state index is 9.51. The molecule has 0 atom stereocenters. The molecule has 0 spiro atoms. The summed E-state index contributed by atoms with van der Waals surface area (Å²) in [4.78, 5) is 6.90. The molecule has 5 heteroatoms. The standard InChI is InChI=1S/C12H16N4O/c1-15-11-8-9(17)2-3-10(11)14-12(15)16-6-4-13-5-7-16/h2-3,8,13,17H,4-7H2,1H3. The van der Waals surface area contributed by atoms with Crippen LogP contribution in [0.2, 0.25) is 0 Å². The van der Waals surface area contributed by atoms with Crippen molar-refractivity contribution in [2.24, 2.45) is 7.05 Å². The summed E-state index contributed by atoms with van der Waals surface area (Å²) in [5.41, 5.74) is 1.90. The summed E-state index contributed by atoms with van der Waals surface area (Å²) in [7, 11) is 1.99. The zero-order valence-corrected chi connectivity index (χ0v) is 9.85. The Bertz CT molecular complexity index is 543. The molecule has 0 radical (unpaired) electrons. The van der Waals surface area contributed by atoms with Gasteiger partial charge in [-0.2, -0.15) is 0 Å². The number of nitrogens with one attached hydrogen (secondary N) is 1. The summed E-state index contributed by atoms with van der Waals surface area (Å²) in [6.07, 6.45) is 0. The molecule has 1 fully saturated rings. The smallest absolute Gasteiger partial charge is 0.206 e. The van der Waals surface area contributed by atoms with Gasteiger partial charge in [0.1, 0.15) is 5.75 Å². The van der Waals surface area contributed by atoms with Crippen molar-refractivity contribution >= 4 is 17.0 Å². The van der Waals surface area contributed by atoms with E-state index in [0.717, 1.165) is 43.2 Å². The molecular formula is C12H16N4O. The van der Waals surface area contributed by atoms with Gasteiger partial charge in [0, 0.05) is 39.3 Å². The fourth-order valence-corrected chi connectivity index (χ4v) is 2.31. The number of hydrogen-bond donors (Lipinski definition) is 2. The molecule has 1 aliphatic heterocycles. The van der Waals surface area contributed by atoms with Crippen LogP contribution in [0.5, 0.6) is 5.75 Å². The number of anilines is 1. The minimum atomic E-state index is 0.285. The number of fused-ring (bicyclic) bond motifs is 1. The topological polar surface area (TPSA) is 53.3 Å². The maximum atomic E-state index is 9.51. The third-order valence-corrected chi connectivity index (χ3v) is 3.24. The van der Waals surface area contributed by atoms with Crippen LogP contribution in [0.1, 0.15) is 0 Å². The number of rotatable bonds is 1. The van der Waals surface area contributed by atoms with Gasteiger partial charge in [-0.05, 0) is 12.1 Å². The zero-order chi connectivity index (χ0) is 11.8. The van der Waals surface area contributed by atoms with Crippen LogP contribution in [0.15, 0.2) is 18.2 Å². The van der Waals surface area contributed by atoms with Crippen LogP contribution in [0.4, 0.5) is 5.95 Å². The molecule has 2 heterocycles. The molecule has 5 nitrogen and oxygen atoms in total. The molecule has 1 aromatic carbocycles. The van der Waals surface area contributed by atoms with Crippen LogP contribution in [-0.2, 0) is 7.05 Å². The lowest BCUT2D eigenvalue weighted by molar-refractivity contribution is 0.476. The number of aryl methyl sites for hydroxylation is 1. The van der Waals surface area contributed by atoms with Crippen molar-refractivity contribution in [3.63, 3.8) is 0 Å². The Morgan fingerprint density at radius 3 is 2.82 bits per heavy atom. The van der Waals surface area contributed by atoms with Crippen molar-refractivity contribution in [3.05, 3.63) is 18.2 Å². The summed E-state index contributed by atoms with van der Waals surface area (Å²) in [6.45, 7) is 3.94. The van der Waals surface area contributed by atoms with Gasteiger partial charge in [-0.1, -0.05) is 0 Å². The Hall–Kier alpha value is -1.75. The second-order valence-electron chi connectivity index (χ2n) is 4.38. The molecule has 0 saturated carbocycles. The second-order valence-corrected chi connectivity index (χ2v) is 4.38. The van der Waals surface area contributed by atoms with Crippen molar-refractivity contribution in [3.8, 4) is 5.75 Å². The predicted octanol–water partition coefficient (Wildman–Crippen LogP) is 0.688. The minimum Gasteiger partial charge on any atom is -0.508 e. The number of phenolic OH excluding ortho intramolecular Hbond substituents is 1. The van der Waals surface area contributed by atoms with Gasteiger partial charge in [0.15, 0.2) is 0 Å². The number of hydrogen-bond acceptors (Lipinski definition) is 4. The number of piperazine rings is 1. The van der Waals surface area contributed by atoms with Crippen LogP contribution >= 0.6 is 0 Å².